The van der Waals surface area contributed by atoms with E-state index >= 15 is 0 Å². The molecule has 0 spiro atoms. The zero-order valence-corrected chi connectivity index (χ0v) is 19.0. The normalized spacial score (nSPS) is 21.5. The fourth-order valence-electron chi connectivity index (χ4n) is 3.44. The van der Waals surface area contributed by atoms with Crippen LogP contribution in [0.5, 0.6) is 0 Å². The Morgan fingerprint density at radius 3 is 2.26 bits per heavy atom. The van der Waals surface area contributed by atoms with Crippen LogP contribution in [0.4, 0.5) is 5.82 Å². The summed E-state index contributed by atoms with van der Waals surface area (Å²) in [6, 6.07) is 1.91. The van der Waals surface area contributed by atoms with Crippen molar-refractivity contribution in [2.24, 2.45) is 0 Å². The van der Waals surface area contributed by atoms with Crippen molar-refractivity contribution in [1.29, 1.82) is 0 Å². The Morgan fingerprint density at radius 1 is 1.19 bits per heavy atom. The van der Waals surface area contributed by atoms with Crippen LogP contribution in [0.1, 0.15) is 68.5 Å². The van der Waals surface area contributed by atoms with E-state index in [-0.39, 0.29) is 34.0 Å². The van der Waals surface area contributed by atoms with E-state index in [4.69, 9.17) is 9.47 Å². The van der Waals surface area contributed by atoms with Crippen LogP contribution in [-0.2, 0) is 9.47 Å². The molecule has 0 radical (unpaired) electrons. The molecule has 0 aliphatic carbocycles. The summed E-state index contributed by atoms with van der Waals surface area (Å²) in [5, 5.41) is 0. The molecule has 1 unspecified atom stereocenters. The molecule has 27 heavy (non-hydrogen) atoms. The molecular formula is C20H35N3O3S. The van der Waals surface area contributed by atoms with E-state index < -0.39 is 0 Å². The molecule has 2 rings (SSSR count). The molecule has 154 valence electrons. The summed E-state index contributed by atoms with van der Waals surface area (Å²) in [4.78, 5) is 19.3. The lowest BCUT2D eigenvalue weighted by Gasteiger charge is -2.46. The second-order valence-corrected chi connectivity index (χ2v) is 11.1. The smallest absolute Gasteiger partial charge is 0.351 e. The Balaban J connectivity index is 2.17. The lowest BCUT2D eigenvalue weighted by Crippen LogP contribution is -2.54. The van der Waals surface area contributed by atoms with Gasteiger partial charge in [0.05, 0.1) is 12.2 Å². The van der Waals surface area contributed by atoms with Crippen LogP contribution >= 0.6 is 11.8 Å². The van der Waals surface area contributed by atoms with Gasteiger partial charge in [-0.15, -0.1) is 11.8 Å². The van der Waals surface area contributed by atoms with Crippen LogP contribution in [0.15, 0.2) is 17.1 Å². The molecule has 1 aliphatic heterocycles. The summed E-state index contributed by atoms with van der Waals surface area (Å²) < 4.78 is 13.4. The minimum atomic E-state index is -0.310. The summed E-state index contributed by atoms with van der Waals surface area (Å²) in [5.74, 6) is 1.40. The standard InChI is InChI=1S/C20H35N3O3S/c1-18(2,3)23(19(4,5)6)14-10-11-22(17(24)21-14)15-13-27-16(26-15)12-25-20(7,8)9/h10-11,15-16H,12-13H2,1-9H3/t15-,16?/m0/s1. The molecule has 0 N–H and O–H groups in total. The van der Waals surface area contributed by atoms with E-state index in [1.54, 1.807) is 22.5 Å². The average molecular weight is 398 g/mol. The molecule has 1 aliphatic rings. The van der Waals surface area contributed by atoms with Gasteiger partial charge in [-0.05, 0) is 68.4 Å². The van der Waals surface area contributed by atoms with Gasteiger partial charge >= 0.3 is 5.69 Å². The highest BCUT2D eigenvalue weighted by Gasteiger charge is 2.34. The number of anilines is 1. The Hall–Kier alpha value is -1.05. The average Bonchev–Trinajstić information content (AvgIpc) is 2.90. The first-order chi connectivity index (χ1) is 12.2. The number of hydrogen-bond acceptors (Lipinski definition) is 6. The Labute approximate surface area is 167 Å². The van der Waals surface area contributed by atoms with Crippen molar-refractivity contribution < 1.29 is 9.47 Å². The maximum Gasteiger partial charge on any atom is 0.351 e. The number of nitrogens with zero attached hydrogens (tertiary/aromatic N) is 3. The van der Waals surface area contributed by atoms with Crippen LogP contribution in [-0.4, -0.2) is 44.0 Å². The van der Waals surface area contributed by atoms with Crippen molar-refractivity contribution in [1.82, 2.24) is 9.55 Å². The van der Waals surface area contributed by atoms with E-state index in [9.17, 15) is 4.79 Å². The SMILES string of the molecule is CC(C)(C)OCC1O[C@H](n2ccc(N(C(C)(C)C)C(C)(C)C)nc2=O)CS1. The molecular weight excluding hydrogens is 362 g/mol. The van der Waals surface area contributed by atoms with Crippen molar-refractivity contribution in [3.63, 3.8) is 0 Å². The van der Waals surface area contributed by atoms with E-state index in [0.29, 0.717) is 18.2 Å². The molecule has 0 saturated carbocycles. The zero-order valence-electron chi connectivity index (χ0n) is 18.2. The molecule has 6 nitrogen and oxygen atoms in total. The number of rotatable bonds is 4. The van der Waals surface area contributed by atoms with Gasteiger partial charge in [-0.2, -0.15) is 4.98 Å². The zero-order chi connectivity index (χ0) is 20.6. The number of aromatic nitrogens is 2. The third-order valence-electron chi connectivity index (χ3n) is 4.08. The molecule has 1 fully saturated rings. The Morgan fingerprint density at radius 2 is 1.78 bits per heavy atom. The minimum absolute atomic E-state index is 0.0681. The van der Waals surface area contributed by atoms with Gasteiger partial charge in [0.15, 0.2) is 0 Å². The van der Waals surface area contributed by atoms with E-state index in [0.717, 1.165) is 0 Å². The second-order valence-electron chi connectivity index (χ2n) is 9.93. The summed E-state index contributed by atoms with van der Waals surface area (Å²) in [5.41, 5.74) is -0.862. The molecule has 2 heterocycles. The monoisotopic (exact) mass is 397 g/mol. The quantitative estimate of drug-likeness (QED) is 0.764. The third-order valence-corrected chi connectivity index (χ3v) is 5.18. The first-order valence-electron chi connectivity index (χ1n) is 9.49. The lowest BCUT2D eigenvalue weighted by molar-refractivity contribution is -0.0684. The highest BCUT2D eigenvalue weighted by atomic mass is 32.2. The van der Waals surface area contributed by atoms with Crippen molar-refractivity contribution in [3.8, 4) is 0 Å². The molecule has 0 amide bonds. The van der Waals surface area contributed by atoms with Crippen LogP contribution in [0.3, 0.4) is 0 Å². The van der Waals surface area contributed by atoms with Crippen molar-refractivity contribution in [3.05, 3.63) is 22.7 Å². The highest BCUT2D eigenvalue weighted by molar-refractivity contribution is 8.00. The molecule has 2 atom stereocenters. The van der Waals surface area contributed by atoms with Crippen LogP contribution in [0, 0.1) is 0 Å². The maximum atomic E-state index is 12.7. The van der Waals surface area contributed by atoms with Gasteiger partial charge in [-0.3, -0.25) is 4.57 Å². The molecule has 7 heteroatoms. The van der Waals surface area contributed by atoms with Gasteiger partial charge in [0.1, 0.15) is 17.5 Å². The highest BCUT2D eigenvalue weighted by Crippen LogP contribution is 2.33. The largest absolute Gasteiger partial charge is 0.372 e. The number of ether oxygens (including phenoxy) is 2. The van der Waals surface area contributed by atoms with Gasteiger partial charge in [0, 0.05) is 23.0 Å². The molecule has 0 aromatic carbocycles. The maximum absolute atomic E-state index is 12.7. The minimum Gasteiger partial charge on any atom is -0.372 e. The fraction of sp³-hybridized carbons (Fsp3) is 0.800. The van der Waals surface area contributed by atoms with E-state index in [2.05, 4.69) is 51.4 Å². The first kappa shape index (κ1) is 22.2. The molecule has 1 saturated heterocycles. The molecule has 1 aromatic rings. The third kappa shape index (κ3) is 5.96. The number of hydrogen-bond donors (Lipinski definition) is 0. The van der Waals surface area contributed by atoms with Crippen molar-refractivity contribution in [2.45, 2.75) is 90.7 Å². The predicted octanol–water partition coefficient (Wildman–Crippen LogP) is 4.05. The fourth-order valence-corrected chi connectivity index (χ4v) is 4.43. The molecule has 0 bridgehead atoms. The van der Waals surface area contributed by atoms with Gasteiger partial charge in [-0.1, -0.05) is 0 Å². The topological polar surface area (TPSA) is 56.6 Å². The summed E-state index contributed by atoms with van der Waals surface area (Å²) >= 11 is 1.67. The van der Waals surface area contributed by atoms with Gasteiger partial charge < -0.3 is 14.4 Å². The van der Waals surface area contributed by atoms with Crippen molar-refractivity contribution in [2.75, 3.05) is 17.3 Å². The summed E-state index contributed by atoms with van der Waals surface area (Å²) in [6.45, 7) is 19.3. The molecule has 1 aromatic heterocycles. The van der Waals surface area contributed by atoms with Crippen LogP contribution < -0.4 is 10.6 Å². The lowest BCUT2D eigenvalue weighted by atomic mass is 9.96. The van der Waals surface area contributed by atoms with Crippen molar-refractivity contribution >= 4 is 17.6 Å². The first-order valence-corrected chi connectivity index (χ1v) is 10.5. The van der Waals surface area contributed by atoms with Gasteiger partial charge in [0.25, 0.3) is 0 Å². The van der Waals surface area contributed by atoms with Gasteiger partial charge in [-0.25, -0.2) is 4.79 Å². The van der Waals surface area contributed by atoms with Crippen LogP contribution in [0.25, 0.3) is 0 Å². The Bertz CT molecular complexity index is 684. The Kier molecular flexibility index (Phi) is 6.39. The second kappa shape index (κ2) is 7.76. The van der Waals surface area contributed by atoms with E-state index in [1.165, 1.54) is 0 Å². The van der Waals surface area contributed by atoms with E-state index in [1.807, 2.05) is 26.8 Å². The number of thioether (sulfide) groups is 1. The summed E-state index contributed by atoms with van der Waals surface area (Å²) in [7, 11) is 0. The predicted molar refractivity (Wildman–Crippen MR) is 113 cm³/mol. The summed E-state index contributed by atoms with van der Waals surface area (Å²) in [6.07, 6.45) is 1.49. The van der Waals surface area contributed by atoms with Gasteiger partial charge in [0.2, 0.25) is 0 Å². The van der Waals surface area contributed by atoms with Crippen LogP contribution in [0.2, 0.25) is 0 Å².